The van der Waals surface area contributed by atoms with Gasteiger partial charge in [-0.3, -0.25) is 4.98 Å². The number of hydrogen-bond donors (Lipinski definition) is 0. The molecule has 3 nitrogen and oxygen atoms in total. The number of ether oxygens (including phenoxy) is 1. The Bertz CT molecular complexity index is 426. The molecule has 1 aliphatic rings. The molecule has 1 aliphatic carbocycles. The van der Waals surface area contributed by atoms with Crippen molar-refractivity contribution in [2.24, 2.45) is 0 Å². The first-order valence-corrected chi connectivity index (χ1v) is 5.81. The van der Waals surface area contributed by atoms with Crippen molar-refractivity contribution < 1.29 is 9.53 Å². The van der Waals surface area contributed by atoms with Crippen molar-refractivity contribution in [2.75, 3.05) is 6.61 Å². The molecule has 0 saturated carbocycles. The second-order valence-electron chi connectivity index (χ2n) is 4.33. The van der Waals surface area contributed by atoms with E-state index in [-0.39, 0.29) is 5.97 Å². The second-order valence-corrected chi connectivity index (χ2v) is 4.33. The summed E-state index contributed by atoms with van der Waals surface area (Å²) in [7, 11) is 0. The van der Waals surface area contributed by atoms with E-state index in [1.165, 1.54) is 5.56 Å². The van der Waals surface area contributed by atoms with Crippen molar-refractivity contribution in [1.82, 2.24) is 4.98 Å². The van der Waals surface area contributed by atoms with Crippen LogP contribution < -0.4 is 0 Å². The van der Waals surface area contributed by atoms with E-state index in [0.717, 1.165) is 24.2 Å². The minimum Gasteiger partial charge on any atom is -0.462 e. The highest BCUT2D eigenvalue weighted by Crippen LogP contribution is 2.32. The molecule has 0 spiro atoms. The Balaban J connectivity index is 2.39. The van der Waals surface area contributed by atoms with Crippen LogP contribution in [0.4, 0.5) is 0 Å². The van der Waals surface area contributed by atoms with Gasteiger partial charge in [0.15, 0.2) is 0 Å². The number of carbonyl (C=O) groups excluding carboxylic acids is 1. The summed E-state index contributed by atoms with van der Waals surface area (Å²) in [5.41, 5.74) is 3.77. The summed E-state index contributed by atoms with van der Waals surface area (Å²) in [5, 5.41) is 0. The average molecular weight is 219 g/mol. The molecule has 0 saturated heterocycles. The van der Waals surface area contributed by atoms with E-state index in [1.807, 2.05) is 19.9 Å². The summed E-state index contributed by atoms with van der Waals surface area (Å²) in [6, 6.07) is 1.96. The normalized spacial score (nSPS) is 18.3. The number of pyridine rings is 1. The van der Waals surface area contributed by atoms with Crippen LogP contribution in [0.1, 0.15) is 53.5 Å². The molecule has 2 rings (SSSR count). The summed E-state index contributed by atoms with van der Waals surface area (Å²) in [6.45, 7) is 6.28. The molecular weight excluding hydrogens is 202 g/mol. The third-order valence-electron chi connectivity index (χ3n) is 3.13. The molecule has 0 N–H and O–H groups in total. The molecule has 1 aromatic heterocycles. The number of fused-ring (bicyclic) bond motifs is 1. The van der Waals surface area contributed by atoms with Crippen LogP contribution >= 0.6 is 0 Å². The van der Waals surface area contributed by atoms with Gasteiger partial charge in [-0.1, -0.05) is 6.92 Å². The predicted molar refractivity (Wildman–Crippen MR) is 61.7 cm³/mol. The Morgan fingerprint density at radius 2 is 2.38 bits per heavy atom. The molecular formula is C13H17NO2. The van der Waals surface area contributed by atoms with Gasteiger partial charge < -0.3 is 4.74 Å². The number of aromatic nitrogens is 1. The maximum Gasteiger partial charge on any atom is 0.339 e. The number of hydrogen-bond acceptors (Lipinski definition) is 3. The molecule has 0 fully saturated rings. The Kier molecular flexibility index (Phi) is 2.95. The first kappa shape index (κ1) is 11.1. The molecule has 16 heavy (non-hydrogen) atoms. The minimum absolute atomic E-state index is 0.255. The minimum atomic E-state index is -0.255. The van der Waals surface area contributed by atoms with Gasteiger partial charge in [0.2, 0.25) is 0 Å². The van der Waals surface area contributed by atoms with Gasteiger partial charge in [0, 0.05) is 5.69 Å². The lowest BCUT2D eigenvalue weighted by Crippen LogP contribution is -2.09. The third-order valence-corrected chi connectivity index (χ3v) is 3.13. The average Bonchev–Trinajstić information content (AvgIpc) is 2.59. The van der Waals surface area contributed by atoms with Crippen molar-refractivity contribution >= 4 is 5.97 Å². The van der Waals surface area contributed by atoms with Gasteiger partial charge >= 0.3 is 5.97 Å². The zero-order valence-corrected chi connectivity index (χ0v) is 10.0. The lowest BCUT2D eigenvalue weighted by molar-refractivity contribution is 0.0525. The molecule has 1 heterocycles. The smallest absolute Gasteiger partial charge is 0.339 e. The molecule has 86 valence electrons. The van der Waals surface area contributed by atoms with E-state index in [2.05, 4.69) is 11.9 Å². The van der Waals surface area contributed by atoms with Gasteiger partial charge in [0.1, 0.15) is 0 Å². The Morgan fingerprint density at radius 3 is 3.06 bits per heavy atom. The fraction of sp³-hybridized carbons (Fsp3) is 0.538. The van der Waals surface area contributed by atoms with E-state index < -0.39 is 0 Å². The van der Waals surface area contributed by atoms with Crippen LogP contribution in [0.3, 0.4) is 0 Å². The maximum atomic E-state index is 11.7. The van der Waals surface area contributed by atoms with Crippen molar-refractivity contribution in [2.45, 2.75) is 39.5 Å². The fourth-order valence-corrected chi connectivity index (χ4v) is 2.22. The van der Waals surface area contributed by atoms with Crippen LogP contribution in [0.5, 0.6) is 0 Å². The molecule has 0 aromatic carbocycles. The van der Waals surface area contributed by atoms with Crippen molar-refractivity contribution in [3.63, 3.8) is 0 Å². The SMILES string of the molecule is CCOC(=O)c1cc2c(nc1C)C(C)CC2. The Hall–Kier alpha value is -1.38. The molecule has 1 atom stereocenters. The lowest BCUT2D eigenvalue weighted by atomic mass is 10.1. The third kappa shape index (κ3) is 1.82. The van der Waals surface area contributed by atoms with Gasteiger partial charge in [0.05, 0.1) is 17.9 Å². The first-order valence-electron chi connectivity index (χ1n) is 5.81. The molecule has 0 aliphatic heterocycles. The van der Waals surface area contributed by atoms with Gasteiger partial charge in [-0.25, -0.2) is 4.79 Å². The van der Waals surface area contributed by atoms with Crippen LogP contribution in [0, 0.1) is 6.92 Å². The van der Waals surface area contributed by atoms with E-state index >= 15 is 0 Å². The van der Waals surface area contributed by atoms with Crippen LogP contribution in [0.15, 0.2) is 6.07 Å². The molecule has 1 unspecified atom stereocenters. The number of nitrogens with zero attached hydrogens (tertiary/aromatic N) is 1. The van der Waals surface area contributed by atoms with Crippen LogP contribution in [-0.4, -0.2) is 17.6 Å². The van der Waals surface area contributed by atoms with E-state index in [9.17, 15) is 4.79 Å². The number of esters is 1. The van der Waals surface area contributed by atoms with Gasteiger partial charge in [-0.05, 0) is 44.2 Å². The summed E-state index contributed by atoms with van der Waals surface area (Å²) in [4.78, 5) is 16.2. The van der Waals surface area contributed by atoms with Crippen molar-refractivity contribution in [1.29, 1.82) is 0 Å². The molecule has 1 aromatic rings. The summed E-state index contributed by atoms with van der Waals surface area (Å²) in [5.74, 6) is 0.264. The zero-order valence-electron chi connectivity index (χ0n) is 10.0. The van der Waals surface area contributed by atoms with E-state index in [4.69, 9.17) is 4.74 Å². The van der Waals surface area contributed by atoms with Crippen molar-refractivity contribution in [3.05, 3.63) is 28.6 Å². The number of carbonyl (C=O) groups is 1. The molecule has 0 bridgehead atoms. The van der Waals surface area contributed by atoms with Crippen LogP contribution in [-0.2, 0) is 11.2 Å². The summed E-state index contributed by atoms with van der Waals surface area (Å²) < 4.78 is 5.02. The molecule has 0 amide bonds. The lowest BCUT2D eigenvalue weighted by Gasteiger charge is -2.09. The highest BCUT2D eigenvalue weighted by atomic mass is 16.5. The van der Waals surface area contributed by atoms with Crippen LogP contribution in [0.2, 0.25) is 0 Å². The quantitative estimate of drug-likeness (QED) is 0.718. The van der Waals surface area contributed by atoms with Gasteiger partial charge in [0.25, 0.3) is 0 Å². The van der Waals surface area contributed by atoms with Gasteiger partial charge in [-0.15, -0.1) is 0 Å². The predicted octanol–water partition coefficient (Wildman–Crippen LogP) is 2.62. The number of rotatable bonds is 2. The first-order chi connectivity index (χ1) is 7.63. The molecule has 0 radical (unpaired) electrons. The second kappa shape index (κ2) is 4.24. The summed E-state index contributed by atoms with van der Waals surface area (Å²) >= 11 is 0. The standard InChI is InChI=1S/C13H17NO2/c1-4-16-13(15)11-7-10-6-5-8(2)12(10)14-9(11)3/h7-8H,4-6H2,1-3H3. The highest BCUT2D eigenvalue weighted by molar-refractivity contribution is 5.90. The number of aryl methyl sites for hydroxylation is 2. The van der Waals surface area contributed by atoms with Gasteiger partial charge in [-0.2, -0.15) is 0 Å². The Morgan fingerprint density at radius 1 is 1.62 bits per heavy atom. The van der Waals surface area contributed by atoms with Crippen LogP contribution in [0.25, 0.3) is 0 Å². The zero-order chi connectivity index (χ0) is 11.7. The van der Waals surface area contributed by atoms with E-state index in [0.29, 0.717) is 18.1 Å². The monoisotopic (exact) mass is 219 g/mol. The van der Waals surface area contributed by atoms with E-state index in [1.54, 1.807) is 0 Å². The Labute approximate surface area is 95.8 Å². The molecule has 3 heteroatoms. The van der Waals surface area contributed by atoms with Crippen molar-refractivity contribution in [3.8, 4) is 0 Å². The topological polar surface area (TPSA) is 39.2 Å². The fourth-order valence-electron chi connectivity index (χ4n) is 2.22. The maximum absolute atomic E-state index is 11.7. The largest absolute Gasteiger partial charge is 0.462 e. The summed E-state index contributed by atoms with van der Waals surface area (Å²) in [6.07, 6.45) is 2.16. The highest BCUT2D eigenvalue weighted by Gasteiger charge is 2.23.